The van der Waals surface area contributed by atoms with Crippen LogP contribution in [0.1, 0.15) is 55.3 Å². The number of fused-ring (bicyclic) bond motifs is 1. The molecule has 2 atom stereocenters. The van der Waals surface area contributed by atoms with Crippen LogP contribution in [-0.4, -0.2) is 50.2 Å². The number of sulfonamides is 1. The highest BCUT2D eigenvalue weighted by molar-refractivity contribution is 7.89. The van der Waals surface area contributed by atoms with Crippen molar-refractivity contribution < 1.29 is 18.0 Å². The Morgan fingerprint density at radius 2 is 1.76 bits per heavy atom. The standard InChI is InChI=1S/C28H34N4O4S2/c1-5-22(14-15-32(4)38(35,36)26-13-9-7-11-21(26)18-29)30-27(33)23(16-19(2)3)31-28(34)25-17-20-10-6-8-12-24(20)37-25/h6-13,17,19,22-23H,5,14-16H2,1-4H3,(H,30,33)(H,31,34)/t22?,23-/m0/s1. The molecule has 0 aliphatic rings. The minimum Gasteiger partial charge on any atom is -0.352 e. The van der Waals surface area contributed by atoms with E-state index in [1.54, 1.807) is 12.1 Å². The van der Waals surface area contributed by atoms with Crippen LogP contribution in [-0.2, 0) is 14.8 Å². The first-order valence-corrected chi connectivity index (χ1v) is 14.9. The number of carbonyl (C=O) groups is 2. The predicted molar refractivity (Wildman–Crippen MR) is 150 cm³/mol. The summed E-state index contributed by atoms with van der Waals surface area (Å²) in [4.78, 5) is 26.8. The molecule has 0 fully saturated rings. The summed E-state index contributed by atoms with van der Waals surface area (Å²) >= 11 is 1.38. The van der Waals surface area contributed by atoms with Crippen LogP contribution in [0.5, 0.6) is 0 Å². The number of hydrogen-bond acceptors (Lipinski definition) is 6. The summed E-state index contributed by atoms with van der Waals surface area (Å²) in [7, 11) is -2.40. The first-order valence-electron chi connectivity index (χ1n) is 12.6. The van der Waals surface area contributed by atoms with Gasteiger partial charge in [-0.25, -0.2) is 12.7 Å². The monoisotopic (exact) mass is 554 g/mol. The Morgan fingerprint density at radius 3 is 2.42 bits per heavy atom. The number of amides is 2. The number of hydrogen-bond donors (Lipinski definition) is 2. The second kappa shape index (κ2) is 13.0. The van der Waals surface area contributed by atoms with Gasteiger partial charge in [-0.3, -0.25) is 9.59 Å². The maximum Gasteiger partial charge on any atom is 0.262 e. The number of carbonyl (C=O) groups excluding carboxylic acids is 2. The molecule has 0 saturated heterocycles. The minimum absolute atomic E-state index is 0.0389. The lowest BCUT2D eigenvalue weighted by atomic mass is 10.0. The summed E-state index contributed by atoms with van der Waals surface area (Å²) in [5.41, 5.74) is 0.0885. The zero-order valence-electron chi connectivity index (χ0n) is 22.1. The van der Waals surface area contributed by atoms with Gasteiger partial charge in [-0.05, 0) is 54.8 Å². The minimum atomic E-state index is -3.86. The van der Waals surface area contributed by atoms with E-state index in [0.29, 0.717) is 24.1 Å². The molecule has 0 saturated carbocycles. The fourth-order valence-electron chi connectivity index (χ4n) is 4.12. The van der Waals surface area contributed by atoms with E-state index < -0.39 is 16.1 Å². The third-order valence-corrected chi connectivity index (χ3v) is 9.34. The number of nitrogens with zero attached hydrogens (tertiary/aromatic N) is 2. The number of rotatable bonds is 12. The molecule has 10 heteroatoms. The molecule has 2 N–H and O–H groups in total. The predicted octanol–water partition coefficient (Wildman–Crippen LogP) is 4.52. The van der Waals surface area contributed by atoms with Gasteiger partial charge in [0.15, 0.2) is 0 Å². The van der Waals surface area contributed by atoms with E-state index in [1.165, 1.54) is 34.8 Å². The maximum absolute atomic E-state index is 13.2. The van der Waals surface area contributed by atoms with Crippen LogP contribution < -0.4 is 10.6 Å². The van der Waals surface area contributed by atoms with Gasteiger partial charge in [-0.15, -0.1) is 11.3 Å². The van der Waals surface area contributed by atoms with Crippen LogP contribution in [0.3, 0.4) is 0 Å². The molecule has 1 unspecified atom stereocenters. The van der Waals surface area contributed by atoms with Gasteiger partial charge < -0.3 is 10.6 Å². The van der Waals surface area contributed by atoms with Crippen molar-refractivity contribution in [2.24, 2.45) is 5.92 Å². The third-order valence-electron chi connectivity index (χ3n) is 6.31. The number of nitriles is 1. The van der Waals surface area contributed by atoms with Crippen LogP contribution in [0.25, 0.3) is 10.1 Å². The SMILES string of the molecule is CCC(CCN(C)S(=O)(=O)c1ccccc1C#N)NC(=O)[C@H](CC(C)C)NC(=O)c1cc2ccccc2s1. The van der Waals surface area contributed by atoms with Crippen LogP contribution in [0, 0.1) is 17.2 Å². The third kappa shape index (κ3) is 7.19. The largest absolute Gasteiger partial charge is 0.352 e. The smallest absolute Gasteiger partial charge is 0.262 e. The van der Waals surface area contributed by atoms with Crippen LogP contribution in [0.15, 0.2) is 59.5 Å². The van der Waals surface area contributed by atoms with Gasteiger partial charge >= 0.3 is 0 Å². The molecule has 0 aliphatic carbocycles. The number of benzene rings is 2. The topological polar surface area (TPSA) is 119 Å². The Labute approximate surface area is 228 Å². The van der Waals surface area contributed by atoms with Crippen molar-refractivity contribution in [2.75, 3.05) is 13.6 Å². The lowest BCUT2D eigenvalue weighted by Gasteiger charge is -2.25. The van der Waals surface area contributed by atoms with E-state index in [4.69, 9.17) is 0 Å². The average Bonchev–Trinajstić information content (AvgIpc) is 3.34. The van der Waals surface area contributed by atoms with Gasteiger partial charge in [0, 0.05) is 24.3 Å². The Kier molecular flexibility index (Phi) is 10.0. The Hall–Kier alpha value is -3.26. The molecule has 0 spiro atoms. The summed E-state index contributed by atoms with van der Waals surface area (Å²) in [5, 5.41) is 16.2. The molecular weight excluding hydrogens is 520 g/mol. The normalized spacial score (nSPS) is 13.3. The van der Waals surface area contributed by atoms with Gasteiger partial charge in [0.1, 0.15) is 12.1 Å². The molecule has 8 nitrogen and oxygen atoms in total. The number of thiophene rings is 1. The van der Waals surface area contributed by atoms with Gasteiger partial charge in [0.05, 0.1) is 15.3 Å². The van der Waals surface area contributed by atoms with Gasteiger partial charge in [0.25, 0.3) is 5.91 Å². The highest BCUT2D eigenvalue weighted by Crippen LogP contribution is 2.25. The summed E-state index contributed by atoms with van der Waals surface area (Å²) in [6, 6.07) is 16.6. The Morgan fingerprint density at radius 1 is 1.08 bits per heavy atom. The second-order valence-corrected chi connectivity index (χ2v) is 12.7. The molecule has 0 bridgehead atoms. The molecule has 1 heterocycles. The summed E-state index contributed by atoms with van der Waals surface area (Å²) in [5.74, 6) is -0.410. The molecule has 3 aromatic rings. The van der Waals surface area contributed by atoms with Crippen molar-refractivity contribution in [3.8, 4) is 6.07 Å². The molecular formula is C28H34N4O4S2. The Balaban J connectivity index is 1.65. The first kappa shape index (κ1) is 29.3. The highest BCUT2D eigenvalue weighted by atomic mass is 32.2. The van der Waals surface area contributed by atoms with E-state index in [0.717, 1.165) is 10.1 Å². The number of nitrogens with one attached hydrogen (secondary N) is 2. The van der Waals surface area contributed by atoms with Crippen molar-refractivity contribution in [3.05, 3.63) is 65.0 Å². The second-order valence-electron chi connectivity index (χ2n) is 9.64. The van der Waals surface area contributed by atoms with Crippen LogP contribution in [0.2, 0.25) is 0 Å². The van der Waals surface area contributed by atoms with Crippen molar-refractivity contribution in [3.63, 3.8) is 0 Å². The van der Waals surface area contributed by atoms with E-state index >= 15 is 0 Å². The summed E-state index contributed by atoms with van der Waals surface area (Å²) < 4.78 is 28.3. The van der Waals surface area contributed by atoms with Crippen molar-refractivity contribution in [2.45, 2.75) is 57.0 Å². The lowest BCUT2D eigenvalue weighted by Crippen LogP contribution is -2.50. The fourth-order valence-corrected chi connectivity index (χ4v) is 6.41. The Bertz CT molecular complexity index is 1390. The highest BCUT2D eigenvalue weighted by Gasteiger charge is 2.27. The fraction of sp³-hybridized carbons (Fsp3) is 0.393. The molecule has 38 heavy (non-hydrogen) atoms. The van der Waals surface area contributed by atoms with Crippen molar-refractivity contribution in [1.82, 2.24) is 14.9 Å². The van der Waals surface area contributed by atoms with Crippen molar-refractivity contribution >= 4 is 43.3 Å². The average molecular weight is 555 g/mol. The molecule has 2 amide bonds. The van der Waals surface area contributed by atoms with Gasteiger partial charge in [-0.1, -0.05) is 51.1 Å². The molecule has 0 radical (unpaired) electrons. The lowest BCUT2D eigenvalue weighted by molar-refractivity contribution is -0.124. The van der Waals surface area contributed by atoms with Gasteiger partial charge in [0.2, 0.25) is 15.9 Å². The molecule has 1 aromatic heterocycles. The molecule has 3 rings (SSSR count). The maximum atomic E-state index is 13.2. The molecule has 0 aliphatic heterocycles. The van der Waals surface area contributed by atoms with Crippen LogP contribution >= 0.6 is 11.3 Å². The van der Waals surface area contributed by atoms with E-state index in [9.17, 15) is 23.3 Å². The quantitative estimate of drug-likeness (QED) is 0.341. The zero-order chi connectivity index (χ0) is 27.9. The first-order chi connectivity index (χ1) is 18.1. The van der Waals surface area contributed by atoms with Gasteiger partial charge in [-0.2, -0.15) is 5.26 Å². The van der Waals surface area contributed by atoms with E-state index in [-0.39, 0.29) is 40.8 Å². The molecule has 202 valence electrons. The zero-order valence-corrected chi connectivity index (χ0v) is 23.7. The summed E-state index contributed by atoms with van der Waals surface area (Å²) in [6.45, 7) is 6.05. The summed E-state index contributed by atoms with van der Waals surface area (Å²) in [6.07, 6.45) is 1.44. The molecule has 2 aromatic carbocycles. The van der Waals surface area contributed by atoms with E-state index in [2.05, 4.69) is 10.6 Å². The van der Waals surface area contributed by atoms with Crippen LogP contribution in [0.4, 0.5) is 0 Å². The van der Waals surface area contributed by atoms with Crippen molar-refractivity contribution in [1.29, 1.82) is 5.26 Å². The van der Waals surface area contributed by atoms with E-state index in [1.807, 2.05) is 57.2 Å².